The Hall–Kier alpha value is -4.48. The van der Waals surface area contributed by atoms with Crippen LogP contribution < -0.4 is 38.9 Å². The van der Waals surface area contributed by atoms with Crippen LogP contribution in [0, 0.1) is 0 Å². The molecule has 214 valence electrons. The summed E-state index contributed by atoms with van der Waals surface area (Å²) >= 11 is 0. The minimum atomic E-state index is -1.81. The Kier molecular flexibility index (Phi) is 15.0. The fraction of sp³-hybridized carbons (Fsp3) is 0.600. The number of carboxylic acids is 3. The summed E-state index contributed by atoms with van der Waals surface area (Å²) < 4.78 is 0. The lowest BCUT2D eigenvalue weighted by Crippen LogP contribution is -2.57. The average molecular weight is 547 g/mol. The van der Waals surface area contributed by atoms with E-state index in [0.29, 0.717) is 0 Å². The SMILES string of the molecule is NC(=O)CCC(NC(=O)C(N)CCC(=O)O)C(=O)NC(CCCN=C(N)N)C(=O)NC(CC(=O)O)C(=O)O. The molecule has 0 radical (unpaired) electrons. The van der Waals surface area contributed by atoms with Crippen LogP contribution in [0.25, 0.3) is 0 Å². The lowest BCUT2D eigenvalue weighted by molar-refractivity contribution is -0.147. The first-order valence-corrected chi connectivity index (χ1v) is 11.3. The molecule has 18 heteroatoms. The molecular weight excluding hydrogens is 512 g/mol. The normalized spacial score (nSPS) is 13.6. The number of aliphatic imine (C=N–C) groups is 1. The Morgan fingerprint density at radius 2 is 1.21 bits per heavy atom. The van der Waals surface area contributed by atoms with Gasteiger partial charge in [0.2, 0.25) is 23.6 Å². The third kappa shape index (κ3) is 14.8. The molecule has 0 aliphatic heterocycles. The summed E-state index contributed by atoms with van der Waals surface area (Å²) in [6, 6.07) is -5.98. The third-order valence-electron chi connectivity index (χ3n) is 4.89. The molecule has 0 saturated heterocycles. The van der Waals surface area contributed by atoms with E-state index in [-0.39, 0.29) is 44.6 Å². The number of aliphatic carboxylic acids is 3. The van der Waals surface area contributed by atoms with Crippen molar-refractivity contribution < 1.29 is 48.9 Å². The highest BCUT2D eigenvalue weighted by Crippen LogP contribution is 2.06. The van der Waals surface area contributed by atoms with Crippen LogP contribution in [0.3, 0.4) is 0 Å². The Balaban J connectivity index is 5.72. The van der Waals surface area contributed by atoms with Gasteiger partial charge in [0.1, 0.15) is 18.1 Å². The van der Waals surface area contributed by atoms with Crippen LogP contribution in [0.2, 0.25) is 0 Å². The van der Waals surface area contributed by atoms with E-state index >= 15 is 0 Å². The first-order valence-electron chi connectivity index (χ1n) is 11.3. The number of nitrogens with two attached hydrogens (primary N) is 4. The van der Waals surface area contributed by atoms with Gasteiger partial charge in [-0.05, 0) is 25.7 Å². The molecule has 0 aliphatic rings. The fourth-order valence-electron chi connectivity index (χ4n) is 2.94. The van der Waals surface area contributed by atoms with Gasteiger partial charge in [-0.15, -0.1) is 0 Å². The van der Waals surface area contributed by atoms with Crippen LogP contribution in [0.5, 0.6) is 0 Å². The molecule has 0 rings (SSSR count). The Morgan fingerprint density at radius 3 is 1.68 bits per heavy atom. The Morgan fingerprint density at radius 1 is 0.684 bits per heavy atom. The van der Waals surface area contributed by atoms with E-state index in [2.05, 4.69) is 15.6 Å². The molecule has 14 N–H and O–H groups in total. The summed E-state index contributed by atoms with van der Waals surface area (Å²) in [6.45, 7) is 0.0275. The number of amides is 4. The van der Waals surface area contributed by atoms with Gasteiger partial charge in [0.15, 0.2) is 5.96 Å². The van der Waals surface area contributed by atoms with Gasteiger partial charge < -0.3 is 54.2 Å². The molecule has 0 aromatic carbocycles. The molecule has 4 amide bonds. The van der Waals surface area contributed by atoms with Crippen LogP contribution in [0.1, 0.15) is 44.9 Å². The predicted molar refractivity (Wildman–Crippen MR) is 129 cm³/mol. The topological polar surface area (TPSA) is 333 Å². The lowest BCUT2D eigenvalue weighted by Gasteiger charge is -2.25. The predicted octanol–water partition coefficient (Wildman–Crippen LogP) is -4.49. The maximum atomic E-state index is 13.0. The molecule has 38 heavy (non-hydrogen) atoms. The van der Waals surface area contributed by atoms with Gasteiger partial charge in [-0.25, -0.2) is 4.79 Å². The number of hydrogen-bond acceptors (Lipinski definition) is 9. The third-order valence-corrected chi connectivity index (χ3v) is 4.89. The number of hydrogen-bond donors (Lipinski definition) is 10. The zero-order chi connectivity index (χ0) is 29.4. The highest BCUT2D eigenvalue weighted by atomic mass is 16.4. The van der Waals surface area contributed by atoms with Gasteiger partial charge in [-0.3, -0.25) is 33.8 Å². The summed E-state index contributed by atoms with van der Waals surface area (Å²) in [4.78, 5) is 86.1. The smallest absolute Gasteiger partial charge is 0.326 e. The van der Waals surface area contributed by atoms with Crippen molar-refractivity contribution in [3.8, 4) is 0 Å². The zero-order valence-corrected chi connectivity index (χ0v) is 20.4. The number of nitrogens with one attached hydrogen (secondary N) is 3. The zero-order valence-electron chi connectivity index (χ0n) is 20.4. The van der Waals surface area contributed by atoms with Crippen molar-refractivity contribution in [3.05, 3.63) is 0 Å². The van der Waals surface area contributed by atoms with Gasteiger partial charge in [0, 0.05) is 19.4 Å². The summed E-state index contributed by atoms with van der Waals surface area (Å²) in [5.74, 6) is -8.31. The minimum Gasteiger partial charge on any atom is -0.481 e. The molecule has 0 heterocycles. The van der Waals surface area contributed by atoms with Crippen LogP contribution in [0.15, 0.2) is 4.99 Å². The van der Waals surface area contributed by atoms with E-state index in [1.54, 1.807) is 0 Å². The number of carbonyl (C=O) groups is 7. The van der Waals surface area contributed by atoms with Crippen molar-refractivity contribution in [1.82, 2.24) is 16.0 Å². The van der Waals surface area contributed by atoms with Crippen molar-refractivity contribution in [3.63, 3.8) is 0 Å². The number of rotatable bonds is 19. The highest BCUT2D eigenvalue weighted by Gasteiger charge is 2.31. The fourth-order valence-corrected chi connectivity index (χ4v) is 2.94. The summed E-state index contributed by atoms with van der Waals surface area (Å²) in [5, 5.41) is 33.4. The monoisotopic (exact) mass is 546 g/mol. The molecule has 0 aromatic rings. The van der Waals surface area contributed by atoms with Gasteiger partial charge in [-0.1, -0.05) is 0 Å². The molecule has 4 unspecified atom stereocenters. The van der Waals surface area contributed by atoms with Crippen molar-refractivity contribution in [1.29, 1.82) is 0 Å². The first kappa shape index (κ1) is 33.5. The molecule has 0 aromatic heterocycles. The maximum absolute atomic E-state index is 13.0. The van der Waals surface area contributed by atoms with Crippen molar-refractivity contribution >= 4 is 47.5 Å². The lowest BCUT2D eigenvalue weighted by atomic mass is 10.1. The van der Waals surface area contributed by atoms with E-state index in [4.69, 9.17) is 33.1 Å². The van der Waals surface area contributed by atoms with Crippen LogP contribution in [-0.2, 0) is 33.6 Å². The van der Waals surface area contributed by atoms with Crippen LogP contribution in [0.4, 0.5) is 0 Å². The van der Waals surface area contributed by atoms with Gasteiger partial charge in [-0.2, -0.15) is 0 Å². The second-order valence-electron chi connectivity index (χ2n) is 8.11. The Labute approximate surface area is 216 Å². The van der Waals surface area contributed by atoms with E-state index in [1.807, 2.05) is 5.32 Å². The van der Waals surface area contributed by atoms with E-state index in [9.17, 15) is 38.7 Å². The summed E-state index contributed by atoms with van der Waals surface area (Å²) in [5.41, 5.74) is 21.2. The van der Waals surface area contributed by atoms with Gasteiger partial charge in [0.05, 0.1) is 12.5 Å². The standard InChI is InChI=1S/C20H34N8O10/c21-9(3-6-14(30)31)16(34)26-11(4-5-13(22)29)18(36)27-10(2-1-7-25-20(23)24)17(35)28-12(19(37)38)8-15(32)33/h9-12H,1-8,21H2,(H2,22,29)(H,26,34)(H,27,36)(H,28,35)(H,30,31)(H,32,33)(H,37,38)(H4,23,24,25). The molecule has 18 nitrogen and oxygen atoms in total. The van der Waals surface area contributed by atoms with Gasteiger partial charge in [0.25, 0.3) is 0 Å². The summed E-state index contributed by atoms with van der Waals surface area (Å²) in [7, 11) is 0. The number of carbonyl (C=O) groups excluding carboxylic acids is 4. The highest BCUT2D eigenvalue weighted by molar-refractivity contribution is 5.95. The van der Waals surface area contributed by atoms with E-state index < -0.39 is 78.5 Å². The molecule has 0 aliphatic carbocycles. The largest absolute Gasteiger partial charge is 0.481 e. The van der Waals surface area contributed by atoms with Crippen molar-refractivity contribution in [2.75, 3.05) is 6.54 Å². The molecule has 0 fully saturated rings. The quantitative estimate of drug-likeness (QED) is 0.0415. The average Bonchev–Trinajstić information content (AvgIpc) is 2.80. The Bertz CT molecular complexity index is 921. The second-order valence-corrected chi connectivity index (χ2v) is 8.11. The molecule has 0 bridgehead atoms. The minimum absolute atomic E-state index is 0.0275. The molecule has 0 spiro atoms. The molecule has 0 saturated carbocycles. The second kappa shape index (κ2) is 17.1. The number of primary amides is 1. The van der Waals surface area contributed by atoms with Crippen LogP contribution >= 0.6 is 0 Å². The number of carboxylic acid groups (broad SMARTS) is 3. The van der Waals surface area contributed by atoms with Crippen molar-refractivity contribution in [2.45, 2.75) is 69.1 Å². The van der Waals surface area contributed by atoms with E-state index in [0.717, 1.165) is 0 Å². The summed E-state index contributed by atoms with van der Waals surface area (Å²) in [6.07, 6.45) is -2.30. The number of guanidine groups is 1. The first-order chi connectivity index (χ1) is 17.6. The van der Waals surface area contributed by atoms with Gasteiger partial charge >= 0.3 is 17.9 Å². The van der Waals surface area contributed by atoms with E-state index in [1.165, 1.54) is 0 Å². The number of nitrogens with zero attached hydrogens (tertiary/aromatic N) is 1. The maximum Gasteiger partial charge on any atom is 0.326 e. The molecular formula is C20H34N8O10. The molecule has 4 atom stereocenters. The van der Waals surface area contributed by atoms with Crippen LogP contribution in [-0.4, -0.2) is 93.5 Å². The van der Waals surface area contributed by atoms with Crippen molar-refractivity contribution in [2.24, 2.45) is 27.9 Å².